The van der Waals surface area contributed by atoms with Crippen molar-refractivity contribution in [3.63, 3.8) is 0 Å². The average molecular weight is 263 g/mol. The zero-order chi connectivity index (χ0) is 12.6. The van der Waals surface area contributed by atoms with Crippen LogP contribution in [0.1, 0.15) is 32.1 Å². The van der Waals surface area contributed by atoms with E-state index >= 15 is 0 Å². The van der Waals surface area contributed by atoms with Crippen LogP contribution in [0.4, 0.5) is 5.69 Å². The average Bonchev–Trinajstić information content (AvgIpc) is 2.50. The van der Waals surface area contributed by atoms with Crippen LogP contribution in [0.2, 0.25) is 0 Å². The molecule has 1 aliphatic heterocycles. The Morgan fingerprint density at radius 1 is 1.22 bits per heavy atom. The van der Waals surface area contributed by atoms with Gasteiger partial charge in [-0.15, -0.1) is 11.8 Å². The first kappa shape index (κ1) is 11.9. The molecule has 1 saturated carbocycles. The Bertz CT molecular complexity index is 481. The van der Waals surface area contributed by atoms with Gasteiger partial charge in [-0.3, -0.25) is 4.79 Å². The lowest BCUT2D eigenvalue weighted by atomic mass is 9.75. The number of aromatic hydroxyl groups is 1. The number of thioether (sulfide) groups is 1. The highest BCUT2D eigenvalue weighted by Crippen LogP contribution is 2.45. The monoisotopic (exact) mass is 263 g/mol. The highest BCUT2D eigenvalue weighted by atomic mass is 32.2. The molecule has 3 rings (SSSR count). The second kappa shape index (κ2) is 4.50. The molecule has 2 N–H and O–H groups in total. The molecule has 1 spiro atoms. The van der Waals surface area contributed by atoms with Crippen molar-refractivity contribution in [1.29, 1.82) is 0 Å². The van der Waals surface area contributed by atoms with E-state index in [4.69, 9.17) is 0 Å². The number of carbonyl (C=O) groups is 1. The van der Waals surface area contributed by atoms with Gasteiger partial charge in [-0.05, 0) is 25.0 Å². The smallest absolute Gasteiger partial charge is 0.231 e. The topological polar surface area (TPSA) is 49.3 Å². The number of nitrogens with one attached hydrogen (secondary N) is 1. The maximum atomic E-state index is 12.5. The Hall–Kier alpha value is -1.16. The van der Waals surface area contributed by atoms with Crippen molar-refractivity contribution < 1.29 is 9.90 Å². The number of phenolic OH excluding ortho intramolecular Hbond substituents is 1. The zero-order valence-electron chi connectivity index (χ0n) is 10.2. The molecule has 1 aliphatic carbocycles. The lowest BCUT2D eigenvalue weighted by Gasteiger charge is -2.33. The summed E-state index contributed by atoms with van der Waals surface area (Å²) in [7, 11) is 0. The molecule has 96 valence electrons. The summed E-state index contributed by atoms with van der Waals surface area (Å²) in [5, 5.41) is 12.5. The summed E-state index contributed by atoms with van der Waals surface area (Å²) in [4.78, 5) is 13.5. The van der Waals surface area contributed by atoms with Crippen molar-refractivity contribution in [1.82, 2.24) is 0 Å². The van der Waals surface area contributed by atoms with Gasteiger partial charge in [0.2, 0.25) is 5.91 Å². The van der Waals surface area contributed by atoms with Crippen LogP contribution in [0.5, 0.6) is 5.75 Å². The van der Waals surface area contributed by atoms with Gasteiger partial charge in [0.15, 0.2) is 0 Å². The Morgan fingerprint density at radius 2 is 2.00 bits per heavy atom. The highest BCUT2D eigenvalue weighted by molar-refractivity contribution is 7.99. The standard InChI is InChI=1S/C14H17NO2S/c16-10-4-5-12-11(8-10)15-13(17)14(9-18-12)6-2-1-3-7-14/h4-5,8,16H,1-3,6-7,9H2,(H,15,17). The minimum Gasteiger partial charge on any atom is -0.508 e. The third-order valence-corrected chi connectivity index (χ3v) is 5.37. The van der Waals surface area contributed by atoms with Gasteiger partial charge in [0.1, 0.15) is 5.75 Å². The molecule has 4 heteroatoms. The van der Waals surface area contributed by atoms with E-state index < -0.39 is 0 Å². The third kappa shape index (κ3) is 1.99. The van der Waals surface area contributed by atoms with Crippen LogP contribution in [0, 0.1) is 5.41 Å². The molecule has 0 saturated heterocycles. The molecule has 0 aromatic heterocycles. The molecule has 1 heterocycles. The fourth-order valence-corrected chi connectivity index (χ4v) is 4.16. The summed E-state index contributed by atoms with van der Waals surface area (Å²) in [6, 6.07) is 5.20. The van der Waals surface area contributed by atoms with E-state index in [0.29, 0.717) is 0 Å². The molecular weight excluding hydrogens is 246 g/mol. The predicted molar refractivity (Wildman–Crippen MR) is 73.0 cm³/mol. The number of fused-ring (bicyclic) bond motifs is 1. The van der Waals surface area contributed by atoms with Crippen LogP contribution in [0.15, 0.2) is 23.1 Å². The molecule has 2 aliphatic rings. The molecule has 1 fully saturated rings. The fraction of sp³-hybridized carbons (Fsp3) is 0.500. The Kier molecular flexibility index (Phi) is 2.98. The van der Waals surface area contributed by atoms with Crippen molar-refractivity contribution in [3.05, 3.63) is 18.2 Å². The zero-order valence-corrected chi connectivity index (χ0v) is 11.1. The number of benzene rings is 1. The number of hydrogen-bond donors (Lipinski definition) is 2. The number of rotatable bonds is 0. The number of anilines is 1. The van der Waals surface area contributed by atoms with E-state index in [1.165, 1.54) is 6.42 Å². The SMILES string of the molecule is O=C1Nc2cc(O)ccc2SCC12CCCCC2. The number of phenols is 1. The Morgan fingerprint density at radius 3 is 2.78 bits per heavy atom. The van der Waals surface area contributed by atoms with E-state index in [1.54, 1.807) is 23.9 Å². The summed E-state index contributed by atoms with van der Waals surface area (Å²) >= 11 is 1.73. The van der Waals surface area contributed by atoms with Gasteiger partial charge in [-0.1, -0.05) is 19.3 Å². The second-order valence-corrected chi connectivity index (χ2v) is 6.28. The molecule has 1 aromatic carbocycles. The Balaban J connectivity index is 1.92. The first-order valence-electron chi connectivity index (χ1n) is 6.47. The molecule has 1 aromatic rings. The number of amides is 1. The molecule has 0 bridgehead atoms. The normalized spacial score (nSPS) is 22.1. The quantitative estimate of drug-likeness (QED) is 0.754. The van der Waals surface area contributed by atoms with Crippen molar-refractivity contribution in [2.45, 2.75) is 37.0 Å². The molecule has 0 unspecified atom stereocenters. The lowest BCUT2D eigenvalue weighted by Crippen LogP contribution is -2.39. The van der Waals surface area contributed by atoms with Crippen LogP contribution >= 0.6 is 11.8 Å². The largest absolute Gasteiger partial charge is 0.508 e. The first-order valence-corrected chi connectivity index (χ1v) is 7.45. The molecule has 18 heavy (non-hydrogen) atoms. The van der Waals surface area contributed by atoms with Gasteiger partial charge in [-0.2, -0.15) is 0 Å². The van der Waals surface area contributed by atoms with Crippen LogP contribution in [-0.2, 0) is 4.79 Å². The Labute approximate surface area is 111 Å². The maximum absolute atomic E-state index is 12.5. The highest BCUT2D eigenvalue weighted by Gasteiger charge is 2.41. The van der Waals surface area contributed by atoms with Crippen molar-refractivity contribution >= 4 is 23.4 Å². The summed E-state index contributed by atoms with van der Waals surface area (Å²) in [5.74, 6) is 1.20. The van der Waals surface area contributed by atoms with E-state index in [2.05, 4.69) is 5.32 Å². The van der Waals surface area contributed by atoms with Crippen LogP contribution < -0.4 is 5.32 Å². The van der Waals surface area contributed by atoms with Crippen LogP contribution in [0.3, 0.4) is 0 Å². The van der Waals surface area contributed by atoms with Gasteiger partial charge in [0.05, 0.1) is 11.1 Å². The summed E-state index contributed by atoms with van der Waals surface area (Å²) in [6.07, 6.45) is 5.52. The molecule has 1 amide bonds. The molecular formula is C14H17NO2S. The summed E-state index contributed by atoms with van der Waals surface area (Å²) < 4.78 is 0. The van der Waals surface area contributed by atoms with Crippen molar-refractivity contribution in [3.8, 4) is 5.75 Å². The second-order valence-electron chi connectivity index (χ2n) is 5.26. The van der Waals surface area contributed by atoms with Crippen LogP contribution in [0.25, 0.3) is 0 Å². The summed E-state index contributed by atoms with van der Waals surface area (Å²) in [5.41, 5.74) is 0.560. The minimum atomic E-state index is -0.197. The first-order chi connectivity index (χ1) is 8.70. The molecule has 0 atom stereocenters. The van der Waals surface area contributed by atoms with Gasteiger partial charge >= 0.3 is 0 Å². The van der Waals surface area contributed by atoms with Gasteiger partial charge in [-0.25, -0.2) is 0 Å². The van der Waals surface area contributed by atoms with E-state index in [1.807, 2.05) is 6.07 Å². The summed E-state index contributed by atoms with van der Waals surface area (Å²) in [6.45, 7) is 0. The number of carbonyl (C=O) groups excluding carboxylic acids is 1. The van der Waals surface area contributed by atoms with E-state index in [0.717, 1.165) is 42.0 Å². The lowest BCUT2D eigenvalue weighted by molar-refractivity contribution is -0.126. The van der Waals surface area contributed by atoms with Gasteiger partial charge in [0, 0.05) is 16.7 Å². The maximum Gasteiger partial charge on any atom is 0.231 e. The van der Waals surface area contributed by atoms with Crippen molar-refractivity contribution in [2.24, 2.45) is 5.41 Å². The van der Waals surface area contributed by atoms with Crippen LogP contribution in [-0.4, -0.2) is 16.8 Å². The molecule has 0 radical (unpaired) electrons. The van der Waals surface area contributed by atoms with Gasteiger partial charge in [0.25, 0.3) is 0 Å². The predicted octanol–water partition coefficient (Wildman–Crippen LogP) is 3.39. The van der Waals surface area contributed by atoms with E-state index in [9.17, 15) is 9.90 Å². The van der Waals surface area contributed by atoms with Crippen molar-refractivity contribution in [2.75, 3.05) is 11.1 Å². The fourth-order valence-electron chi connectivity index (χ4n) is 2.88. The molecule has 3 nitrogen and oxygen atoms in total. The number of hydrogen-bond acceptors (Lipinski definition) is 3. The third-order valence-electron chi connectivity index (χ3n) is 4.01. The van der Waals surface area contributed by atoms with E-state index in [-0.39, 0.29) is 17.1 Å². The van der Waals surface area contributed by atoms with Gasteiger partial charge < -0.3 is 10.4 Å². The minimum absolute atomic E-state index is 0.138.